The molecular weight excluding hydrogens is 453 g/mol. The number of benzene rings is 2. The number of carbonyl (C=O) groups is 2. The van der Waals surface area contributed by atoms with E-state index in [1.165, 1.54) is 25.5 Å². The maximum absolute atomic E-state index is 12.6. The molecule has 0 aliphatic carbocycles. The highest BCUT2D eigenvalue weighted by Crippen LogP contribution is 2.27. The highest BCUT2D eigenvalue weighted by molar-refractivity contribution is 6.36. The summed E-state index contributed by atoms with van der Waals surface area (Å²) in [4.78, 5) is 25.2. The molecule has 0 fully saturated rings. The summed E-state index contributed by atoms with van der Waals surface area (Å²) in [6.07, 6.45) is 6.64. The van der Waals surface area contributed by atoms with Gasteiger partial charge in [-0.2, -0.15) is 5.10 Å². The molecule has 0 aliphatic heterocycles. The SMILES string of the molecule is C#CCOc1ccc(/C=N\NC(=O)C(NC(=O)c2ccc(Cl)cc2Cl)C(C)C)cc1OC. The number of methoxy groups -OCH3 is 1. The molecular formula is C23H23Cl2N3O4. The number of rotatable bonds is 9. The summed E-state index contributed by atoms with van der Waals surface area (Å²) in [5.41, 5.74) is 3.32. The van der Waals surface area contributed by atoms with Gasteiger partial charge in [-0.15, -0.1) is 6.42 Å². The van der Waals surface area contributed by atoms with E-state index in [9.17, 15) is 9.59 Å². The normalized spacial score (nSPS) is 11.7. The third kappa shape index (κ3) is 6.91. The second-order valence-electron chi connectivity index (χ2n) is 6.96. The lowest BCUT2D eigenvalue weighted by Gasteiger charge is -2.20. The van der Waals surface area contributed by atoms with Crippen LogP contribution in [0.1, 0.15) is 29.8 Å². The predicted octanol–water partition coefficient (Wildman–Crippen LogP) is 3.92. The van der Waals surface area contributed by atoms with Gasteiger partial charge in [-0.1, -0.05) is 43.0 Å². The topological polar surface area (TPSA) is 89.0 Å². The van der Waals surface area contributed by atoms with Crippen LogP contribution in [0.5, 0.6) is 11.5 Å². The van der Waals surface area contributed by atoms with Crippen LogP contribution in [0.15, 0.2) is 41.5 Å². The number of hydrogen-bond acceptors (Lipinski definition) is 5. The molecule has 2 amide bonds. The second-order valence-corrected chi connectivity index (χ2v) is 7.80. The Kier molecular flexibility index (Phi) is 9.39. The Labute approximate surface area is 197 Å². The average molecular weight is 476 g/mol. The van der Waals surface area contributed by atoms with E-state index in [1.807, 2.05) is 0 Å². The largest absolute Gasteiger partial charge is 0.493 e. The number of nitrogens with zero attached hydrogens (tertiary/aromatic N) is 1. The molecule has 168 valence electrons. The minimum atomic E-state index is -0.833. The van der Waals surface area contributed by atoms with Gasteiger partial charge < -0.3 is 14.8 Å². The number of halogens is 2. The quantitative estimate of drug-likeness (QED) is 0.326. The summed E-state index contributed by atoms with van der Waals surface area (Å²) in [5.74, 6) is 2.19. The number of nitrogens with one attached hydrogen (secondary N) is 2. The van der Waals surface area contributed by atoms with Crippen molar-refractivity contribution in [2.24, 2.45) is 11.0 Å². The fourth-order valence-corrected chi connectivity index (χ4v) is 3.17. The lowest BCUT2D eigenvalue weighted by Crippen LogP contribution is -2.48. The van der Waals surface area contributed by atoms with Crippen molar-refractivity contribution < 1.29 is 19.1 Å². The second kappa shape index (κ2) is 12.0. The van der Waals surface area contributed by atoms with Gasteiger partial charge in [0.1, 0.15) is 12.6 Å². The Morgan fingerprint density at radius 1 is 1.19 bits per heavy atom. The van der Waals surface area contributed by atoms with E-state index in [0.717, 1.165) is 0 Å². The van der Waals surface area contributed by atoms with Crippen LogP contribution in [0.3, 0.4) is 0 Å². The molecule has 2 rings (SSSR count). The van der Waals surface area contributed by atoms with Crippen molar-refractivity contribution in [2.45, 2.75) is 19.9 Å². The highest BCUT2D eigenvalue weighted by Gasteiger charge is 2.25. The molecule has 1 unspecified atom stereocenters. The van der Waals surface area contributed by atoms with E-state index in [1.54, 1.807) is 38.1 Å². The van der Waals surface area contributed by atoms with E-state index in [2.05, 4.69) is 21.8 Å². The van der Waals surface area contributed by atoms with Crippen LogP contribution < -0.4 is 20.2 Å². The number of amides is 2. The van der Waals surface area contributed by atoms with Gasteiger partial charge in [0.15, 0.2) is 11.5 Å². The standard InChI is InChI=1S/C23H23Cl2N3O4/c1-5-10-32-19-9-6-15(11-20(19)31-4)13-26-28-23(30)21(14(2)3)27-22(29)17-8-7-16(24)12-18(17)25/h1,6-9,11-14,21H,10H2,2-4H3,(H,27,29)(H,28,30)/b26-13-. The molecule has 1 atom stereocenters. The minimum Gasteiger partial charge on any atom is -0.493 e. The molecule has 0 aliphatic rings. The summed E-state index contributed by atoms with van der Waals surface area (Å²) in [6, 6.07) is 8.78. The summed E-state index contributed by atoms with van der Waals surface area (Å²) in [5, 5.41) is 7.26. The molecule has 0 radical (unpaired) electrons. The van der Waals surface area contributed by atoms with Crippen molar-refractivity contribution >= 4 is 41.2 Å². The fourth-order valence-electron chi connectivity index (χ4n) is 2.67. The summed E-state index contributed by atoms with van der Waals surface area (Å²) >= 11 is 12.0. The number of ether oxygens (including phenoxy) is 2. The van der Waals surface area contributed by atoms with E-state index >= 15 is 0 Å². The molecule has 0 saturated heterocycles. The molecule has 0 aromatic heterocycles. The molecule has 9 heteroatoms. The first kappa shape index (κ1) is 25.1. The van der Waals surface area contributed by atoms with E-state index in [-0.39, 0.29) is 23.1 Å². The third-order valence-electron chi connectivity index (χ3n) is 4.30. The van der Waals surface area contributed by atoms with Gasteiger partial charge in [-0.3, -0.25) is 9.59 Å². The Morgan fingerprint density at radius 3 is 2.56 bits per heavy atom. The fraction of sp³-hybridized carbons (Fsp3) is 0.261. The third-order valence-corrected chi connectivity index (χ3v) is 4.85. The lowest BCUT2D eigenvalue weighted by atomic mass is 10.0. The van der Waals surface area contributed by atoms with Crippen LogP contribution in [0, 0.1) is 18.3 Å². The minimum absolute atomic E-state index is 0.114. The van der Waals surface area contributed by atoms with Gasteiger partial charge >= 0.3 is 0 Å². The molecule has 0 heterocycles. The van der Waals surface area contributed by atoms with Crippen molar-refractivity contribution in [3.63, 3.8) is 0 Å². The molecule has 0 bridgehead atoms. The van der Waals surface area contributed by atoms with E-state index in [0.29, 0.717) is 22.1 Å². The molecule has 2 aromatic carbocycles. The predicted molar refractivity (Wildman–Crippen MR) is 126 cm³/mol. The first-order valence-electron chi connectivity index (χ1n) is 9.60. The maximum atomic E-state index is 12.6. The lowest BCUT2D eigenvalue weighted by molar-refractivity contribution is -0.123. The molecule has 0 spiro atoms. The van der Waals surface area contributed by atoms with Gasteiger partial charge in [0, 0.05) is 5.02 Å². The maximum Gasteiger partial charge on any atom is 0.262 e. The number of hydrogen-bond donors (Lipinski definition) is 2. The van der Waals surface area contributed by atoms with Crippen molar-refractivity contribution in [3.8, 4) is 23.8 Å². The first-order valence-corrected chi connectivity index (χ1v) is 10.4. The average Bonchev–Trinajstić information content (AvgIpc) is 2.75. The zero-order valence-electron chi connectivity index (χ0n) is 17.8. The van der Waals surface area contributed by atoms with Crippen LogP contribution in [-0.4, -0.2) is 37.8 Å². The monoisotopic (exact) mass is 475 g/mol. The number of hydrazone groups is 1. The van der Waals surface area contributed by atoms with Gasteiger partial charge in [0.2, 0.25) is 0 Å². The van der Waals surface area contributed by atoms with Crippen LogP contribution in [0.4, 0.5) is 0 Å². The summed E-state index contributed by atoms with van der Waals surface area (Å²) in [7, 11) is 1.50. The van der Waals surface area contributed by atoms with E-state index < -0.39 is 17.9 Å². The molecule has 2 aromatic rings. The van der Waals surface area contributed by atoms with Crippen LogP contribution in [0.2, 0.25) is 10.0 Å². The molecule has 7 nitrogen and oxygen atoms in total. The van der Waals surface area contributed by atoms with Gasteiger partial charge in [0.05, 0.1) is 23.9 Å². The molecule has 0 saturated carbocycles. The Balaban J connectivity index is 2.06. The molecule has 2 N–H and O–H groups in total. The van der Waals surface area contributed by atoms with Crippen LogP contribution in [0.25, 0.3) is 0 Å². The smallest absolute Gasteiger partial charge is 0.262 e. The van der Waals surface area contributed by atoms with Gasteiger partial charge in [0.25, 0.3) is 11.8 Å². The van der Waals surface area contributed by atoms with E-state index in [4.69, 9.17) is 39.1 Å². The Bertz CT molecular complexity index is 1050. The highest BCUT2D eigenvalue weighted by atomic mass is 35.5. The zero-order chi connectivity index (χ0) is 23.7. The summed E-state index contributed by atoms with van der Waals surface area (Å²) < 4.78 is 10.7. The van der Waals surface area contributed by atoms with Crippen LogP contribution in [-0.2, 0) is 4.79 Å². The van der Waals surface area contributed by atoms with Crippen molar-refractivity contribution in [2.75, 3.05) is 13.7 Å². The van der Waals surface area contributed by atoms with Crippen molar-refractivity contribution in [1.29, 1.82) is 0 Å². The molecule has 32 heavy (non-hydrogen) atoms. The number of carbonyl (C=O) groups excluding carboxylic acids is 2. The van der Waals surface area contributed by atoms with Gasteiger partial charge in [-0.25, -0.2) is 5.43 Å². The van der Waals surface area contributed by atoms with Crippen LogP contribution >= 0.6 is 23.2 Å². The first-order chi connectivity index (χ1) is 15.3. The zero-order valence-corrected chi connectivity index (χ0v) is 19.3. The van der Waals surface area contributed by atoms with Gasteiger partial charge in [-0.05, 0) is 47.9 Å². The number of terminal acetylenes is 1. The van der Waals surface area contributed by atoms with Crippen molar-refractivity contribution in [3.05, 3.63) is 57.6 Å². The Hall–Kier alpha value is -3.21. The summed E-state index contributed by atoms with van der Waals surface area (Å²) in [6.45, 7) is 3.72. The Morgan fingerprint density at radius 2 is 1.94 bits per heavy atom. The van der Waals surface area contributed by atoms with Crippen molar-refractivity contribution in [1.82, 2.24) is 10.7 Å².